The summed E-state index contributed by atoms with van der Waals surface area (Å²) in [4.78, 5) is 19.9. The van der Waals surface area contributed by atoms with Gasteiger partial charge in [-0.15, -0.1) is 0 Å². The fraction of sp³-hybridized carbons (Fsp3) is 0.240. The SMILES string of the molecule is Cc1cccc(C2CCCN2C(=O)c2cnn3c(C(F)F)cc(-c4ccccc4)nc23)c1. The van der Waals surface area contributed by atoms with Gasteiger partial charge < -0.3 is 4.90 Å². The molecule has 2 aromatic heterocycles. The lowest BCUT2D eigenvalue weighted by molar-refractivity contribution is 0.0737. The summed E-state index contributed by atoms with van der Waals surface area (Å²) >= 11 is 0. The maximum Gasteiger partial charge on any atom is 0.280 e. The zero-order chi connectivity index (χ0) is 22.2. The van der Waals surface area contributed by atoms with Crippen LogP contribution in [0.15, 0.2) is 66.9 Å². The van der Waals surface area contributed by atoms with E-state index in [2.05, 4.69) is 16.1 Å². The molecule has 32 heavy (non-hydrogen) atoms. The molecular weight excluding hydrogens is 410 g/mol. The van der Waals surface area contributed by atoms with E-state index in [1.165, 1.54) is 12.3 Å². The number of carbonyl (C=O) groups is 1. The van der Waals surface area contributed by atoms with E-state index in [9.17, 15) is 13.6 Å². The molecular formula is C25H22F2N4O. The highest BCUT2D eigenvalue weighted by atomic mass is 19.3. The minimum absolute atomic E-state index is 0.0516. The van der Waals surface area contributed by atoms with Crippen LogP contribution in [0.25, 0.3) is 16.9 Å². The monoisotopic (exact) mass is 432 g/mol. The van der Waals surface area contributed by atoms with E-state index >= 15 is 0 Å². The Morgan fingerprint density at radius 2 is 1.91 bits per heavy atom. The van der Waals surface area contributed by atoms with E-state index in [1.807, 2.05) is 48.2 Å². The lowest BCUT2D eigenvalue weighted by atomic mass is 10.0. The Morgan fingerprint density at radius 3 is 2.66 bits per heavy atom. The van der Waals surface area contributed by atoms with Crippen molar-refractivity contribution in [2.45, 2.75) is 32.2 Å². The van der Waals surface area contributed by atoms with Gasteiger partial charge in [0.1, 0.15) is 11.3 Å². The topological polar surface area (TPSA) is 50.5 Å². The van der Waals surface area contributed by atoms with E-state index < -0.39 is 6.43 Å². The molecule has 2 aromatic carbocycles. The number of carbonyl (C=O) groups excluding carboxylic acids is 1. The Balaban J connectivity index is 1.59. The molecule has 1 aliphatic heterocycles. The zero-order valence-electron chi connectivity index (χ0n) is 17.6. The molecule has 1 unspecified atom stereocenters. The quantitative estimate of drug-likeness (QED) is 0.421. The van der Waals surface area contributed by atoms with Gasteiger partial charge in [0.15, 0.2) is 5.65 Å². The molecule has 3 heterocycles. The predicted molar refractivity (Wildman–Crippen MR) is 118 cm³/mol. The van der Waals surface area contributed by atoms with Crippen LogP contribution >= 0.6 is 0 Å². The first-order chi connectivity index (χ1) is 15.5. The highest BCUT2D eigenvalue weighted by Gasteiger charge is 2.33. The average molecular weight is 432 g/mol. The fourth-order valence-corrected chi connectivity index (χ4v) is 4.44. The Kier molecular flexibility index (Phi) is 5.17. The summed E-state index contributed by atoms with van der Waals surface area (Å²) in [6.45, 7) is 2.63. The molecule has 0 spiro atoms. The van der Waals surface area contributed by atoms with Gasteiger partial charge in [0.2, 0.25) is 0 Å². The van der Waals surface area contributed by atoms with Crippen LogP contribution in [0.1, 0.15) is 52.5 Å². The molecule has 1 aliphatic rings. The minimum Gasteiger partial charge on any atom is -0.331 e. The van der Waals surface area contributed by atoms with Crippen LogP contribution in [0.4, 0.5) is 8.78 Å². The Morgan fingerprint density at radius 1 is 1.09 bits per heavy atom. The van der Waals surface area contributed by atoms with Crippen LogP contribution in [0.2, 0.25) is 0 Å². The molecule has 7 heteroatoms. The van der Waals surface area contributed by atoms with Crippen molar-refractivity contribution in [2.24, 2.45) is 0 Å². The van der Waals surface area contributed by atoms with Gasteiger partial charge in [-0.1, -0.05) is 60.2 Å². The average Bonchev–Trinajstić information content (AvgIpc) is 3.46. The van der Waals surface area contributed by atoms with Crippen molar-refractivity contribution in [1.82, 2.24) is 19.5 Å². The standard InChI is InChI=1S/C25H22F2N4O/c1-16-7-5-10-18(13-16)21-11-6-12-30(21)25(32)19-15-28-31-22(23(26)27)14-20(29-24(19)31)17-8-3-2-4-9-17/h2-5,7-10,13-15,21,23H,6,11-12H2,1H3. The number of aryl methyl sites for hydroxylation is 1. The van der Waals surface area contributed by atoms with Gasteiger partial charge in [-0.25, -0.2) is 18.3 Å². The van der Waals surface area contributed by atoms with Crippen LogP contribution in [0, 0.1) is 6.92 Å². The van der Waals surface area contributed by atoms with Crippen molar-refractivity contribution in [3.8, 4) is 11.3 Å². The molecule has 162 valence electrons. The zero-order valence-corrected chi connectivity index (χ0v) is 17.6. The second-order valence-electron chi connectivity index (χ2n) is 8.10. The summed E-state index contributed by atoms with van der Waals surface area (Å²) in [5.74, 6) is -0.234. The second kappa shape index (κ2) is 8.15. The van der Waals surface area contributed by atoms with Crippen LogP contribution in [0.3, 0.4) is 0 Å². The van der Waals surface area contributed by atoms with Gasteiger partial charge in [-0.3, -0.25) is 4.79 Å². The number of aromatic nitrogens is 3. The van der Waals surface area contributed by atoms with Gasteiger partial charge in [0.05, 0.1) is 17.9 Å². The second-order valence-corrected chi connectivity index (χ2v) is 8.10. The number of rotatable bonds is 4. The molecule has 1 saturated heterocycles. The molecule has 0 aliphatic carbocycles. The van der Waals surface area contributed by atoms with Gasteiger partial charge in [0.25, 0.3) is 12.3 Å². The molecule has 0 bridgehead atoms. The molecule has 0 N–H and O–H groups in total. The van der Waals surface area contributed by atoms with Crippen LogP contribution in [-0.4, -0.2) is 31.9 Å². The van der Waals surface area contributed by atoms with Crippen molar-refractivity contribution in [3.05, 3.63) is 89.2 Å². The number of likely N-dealkylation sites (tertiary alicyclic amines) is 1. The smallest absolute Gasteiger partial charge is 0.280 e. The summed E-state index contributed by atoms with van der Waals surface area (Å²) in [5.41, 5.74) is 3.41. The van der Waals surface area contributed by atoms with Crippen molar-refractivity contribution in [1.29, 1.82) is 0 Å². The largest absolute Gasteiger partial charge is 0.331 e. The fourth-order valence-electron chi connectivity index (χ4n) is 4.44. The van der Waals surface area contributed by atoms with E-state index in [0.29, 0.717) is 17.8 Å². The number of amides is 1. The molecule has 1 amide bonds. The van der Waals surface area contributed by atoms with Gasteiger partial charge >= 0.3 is 0 Å². The Hall–Kier alpha value is -3.61. The number of nitrogens with zero attached hydrogens (tertiary/aromatic N) is 4. The number of benzene rings is 2. The first-order valence-electron chi connectivity index (χ1n) is 10.6. The highest BCUT2D eigenvalue weighted by Crippen LogP contribution is 2.34. The van der Waals surface area contributed by atoms with E-state index in [4.69, 9.17) is 0 Å². The minimum atomic E-state index is -2.75. The maximum atomic E-state index is 13.8. The summed E-state index contributed by atoms with van der Waals surface area (Å²) < 4.78 is 28.8. The van der Waals surface area contributed by atoms with Gasteiger partial charge in [0, 0.05) is 12.1 Å². The van der Waals surface area contributed by atoms with Crippen molar-refractivity contribution in [2.75, 3.05) is 6.54 Å². The first kappa shape index (κ1) is 20.3. The van der Waals surface area contributed by atoms with E-state index in [-0.39, 0.29) is 28.9 Å². The molecule has 1 atom stereocenters. The van der Waals surface area contributed by atoms with E-state index in [1.54, 1.807) is 12.1 Å². The highest BCUT2D eigenvalue weighted by molar-refractivity contribution is 6.00. The van der Waals surface area contributed by atoms with Crippen LogP contribution < -0.4 is 0 Å². The number of hydrogen-bond acceptors (Lipinski definition) is 3. The van der Waals surface area contributed by atoms with Crippen LogP contribution in [-0.2, 0) is 0 Å². The van der Waals surface area contributed by atoms with Crippen molar-refractivity contribution < 1.29 is 13.6 Å². The normalized spacial score (nSPS) is 16.2. The van der Waals surface area contributed by atoms with Gasteiger partial charge in [-0.2, -0.15) is 5.10 Å². The molecule has 1 fully saturated rings. The lowest BCUT2D eigenvalue weighted by Gasteiger charge is -2.25. The third-order valence-corrected chi connectivity index (χ3v) is 5.96. The van der Waals surface area contributed by atoms with Crippen molar-refractivity contribution in [3.63, 3.8) is 0 Å². The summed E-state index contributed by atoms with van der Waals surface area (Å²) in [6.07, 6.45) is 0.350. The Labute approximate surface area is 184 Å². The molecule has 4 aromatic rings. The molecule has 5 nitrogen and oxygen atoms in total. The summed E-state index contributed by atoms with van der Waals surface area (Å²) in [6, 6.07) is 18.5. The molecule has 0 saturated carbocycles. The molecule has 5 rings (SSSR count). The van der Waals surface area contributed by atoms with Crippen molar-refractivity contribution >= 4 is 11.6 Å². The third kappa shape index (κ3) is 3.53. The predicted octanol–water partition coefficient (Wildman–Crippen LogP) is 5.62. The number of fused-ring (bicyclic) bond motifs is 1. The maximum absolute atomic E-state index is 13.8. The third-order valence-electron chi connectivity index (χ3n) is 5.96. The molecule has 0 radical (unpaired) electrons. The summed E-state index contributed by atoms with van der Waals surface area (Å²) in [7, 11) is 0. The number of hydrogen-bond donors (Lipinski definition) is 0. The van der Waals surface area contributed by atoms with Gasteiger partial charge in [-0.05, 0) is 31.4 Å². The van der Waals surface area contributed by atoms with E-state index in [0.717, 1.165) is 28.5 Å². The summed E-state index contributed by atoms with van der Waals surface area (Å²) in [5, 5.41) is 4.11. The van der Waals surface area contributed by atoms with Crippen LogP contribution in [0.5, 0.6) is 0 Å². The number of alkyl halides is 2. The Bertz CT molecular complexity index is 1290. The first-order valence-corrected chi connectivity index (χ1v) is 10.6. The lowest BCUT2D eigenvalue weighted by Crippen LogP contribution is -2.30. The number of halogens is 2.